The molecule has 0 aliphatic heterocycles. The molecule has 0 aromatic heterocycles. The van der Waals surface area contributed by atoms with E-state index in [0.717, 1.165) is 0 Å². The van der Waals surface area contributed by atoms with Crippen molar-refractivity contribution in [2.24, 2.45) is 0 Å². The van der Waals surface area contributed by atoms with Gasteiger partial charge < -0.3 is 37.2 Å². The first-order valence-corrected chi connectivity index (χ1v) is 31.0. The zero-order valence-electron chi connectivity index (χ0n) is 34.6. The number of hydrogen-bond acceptors (Lipinski definition) is 0. The molecule has 0 amide bonds. The van der Waals surface area contributed by atoms with Gasteiger partial charge in [0.1, 0.15) is 0 Å². The predicted molar refractivity (Wildman–Crippen MR) is 221 cm³/mol. The maximum atomic E-state index is 2.72. The van der Waals surface area contributed by atoms with E-state index in [0.29, 0.717) is 0 Å². The van der Waals surface area contributed by atoms with E-state index in [1.165, 1.54) is 44.5 Å². The Kier molecular flexibility index (Phi) is 15.0. The van der Waals surface area contributed by atoms with Gasteiger partial charge in [-0.05, 0) is 0 Å². The van der Waals surface area contributed by atoms with Gasteiger partial charge in [0.05, 0.1) is 0 Å². The molecule has 0 saturated carbocycles. The summed E-state index contributed by atoms with van der Waals surface area (Å²) in [4.78, 5) is 0. The summed E-state index contributed by atoms with van der Waals surface area (Å²) in [6.07, 6.45) is 0. The van der Waals surface area contributed by atoms with Crippen molar-refractivity contribution in [3.8, 4) is 0 Å². The Hall–Kier alpha value is -0.408. The van der Waals surface area contributed by atoms with Gasteiger partial charge in [0, 0.05) is 0 Å². The summed E-state index contributed by atoms with van der Waals surface area (Å²) in [6, 6.07) is 15.7. The first-order chi connectivity index (χ1) is 21.2. The van der Waals surface area contributed by atoms with Crippen LogP contribution >= 0.6 is 0 Å². The molecule has 0 radical (unpaired) electrons. The van der Waals surface area contributed by atoms with Gasteiger partial charge in [0.25, 0.3) is 0 Å². The van der Waals surface area contributed by atoms with Gasteiger partial charge in [-0.25, -0.2) is 0 Å². The molecule has 1 aliphatic rings. The van der Waals surface area contributed by atoms with Crippen molar-refractivity contribution in [1.29, 1.82) is 0 Å². The summed E-state index contributed by atoms with van der Waals surface area (Å²) >= 11 is 2.52. The van der Waals surface area contributed by atoms with Gasteiger partial charge in [-0.2, -0.15) is 0 Å². The van der Waals surface area contributed by atoms with Crippen LogP contribution in [0.1, 0.15) is 61.1 Å². The Bertz CT molecular complexity index is 1660. The number of halogens is 3. The summed E-state index contributed by atoms with van der Waals surface area (Å²) in [6.45, 7) is 47.9. The number of hydrogen-bond donors (Lipinski definition) is 0. The van der Waals surface area contributed by atoms with Crippen LogP contribution in [0.5, 0.6) is 0 Å². The Morgan fingerprint density at radius 1 is 0.440 bits per heavy atom. The van der Waals surface area contributed by atoms with Gasteiger partial charge in [-0.1, -0.05) is 0 Å². The van der Waals surface area contributed by atoms with Gasteiger partial charge in [-0.3, -0.25) is 0 Å². The Morgan fingerprint density at radius 2 is 0.700 bits per heavy atom. The quantitative estimate of drug-likeness (QED) is 0.225. The SMILES string of the molecule is CC1=C(C)C(C)([Si](c2cc(C)cc(C)c2[Si](C)(C)C)(c2cc(C)cc(C)c2[Si](C)(C)C)c2cc(C)cc(C)c2[Si](C)(C)C)[C]([Ti+3])=C1C.[Cl-].[Cl-].[Cl-]. The van der Waals surface area contributed by atoms with Gasteiger partial charge in [-0.15, -0.1) is 0 Å². The molecule has 1 aliphatic carbocycles. The number of rotatable bonds is 7. The minimum atomic E-state index is -2.99. The third kappa shape index (κ3) is 7.60. The fraction of sp³-hybridized carbons (Fsp3) is 0.476. The van der Waals surface area contributed by atoms with Crippen molar-refractivity contribution in [2.45, 2.75) is 133 Å². The average molecular weight is 835 g/mol. The Balaban J connectivity index is 0.00000417. The maximum Gasteiger partial charge on any atom is -1.00 e. The minimum absolute atomic E-state index is 0. The zero-order chi connectivity index (χ0) is 36.0. The molecule has 3 aromatic carbocycles. The molecule has 1 unspecified atom stereocenters. The van der Waals surface area contributed by atoms with E-state index in [1.807, 2.05) is 0 Å². The van der Waals surface area contributed by atoms with Crippen LogP contribution in [0.3, 0.4) is 0 Å². The maximum absolute atomic E-state index is 2.99. The molecule has 1 atom stereocenters. The van der Waals surface area contributed by atoms with Crippen LogP contribution in [0.25, 0.3) is 0 Å². The Morgan fingerprint density at radius 3 is 0.900 bits per heavy atom. The molecule has 50 heavy (non-hydrogen) atoms. The van der Waals surface area contributed by atoms with E-state index in [2.05, 4.69) is 185 Å². The summed E-state index contributed by atoms with van der Waals surface area (Å²) in [5.74, 6) is 0. The smallest absolute Gasteiger partial charge is 1.00 e. The second-order valence-electron chi connectivity index (χ2n) is 18.4. The van der Waals surface area contributed by atoms with Crippen LogP contribution in [-0.2, 0) is 20.4 Å². The average Bonchev–Trinajstić information content (AvgIpc) is 3.01. The molecule has 3 aromatic rings. The second-order valence-corrected chi connectivity index (χ2v) is 38.3. The van der Waals surface area contributed by atoms with Gasteiger partial charge >= 0.3 is 307 Å². The number of aryl methyl sites for hydroxylation is 6. The van der Waals surface area contributed by atoms with Gasteiger partial charge in [0.2, 0.25) is 0 Å². The minimum Gasteiger partial charge on any atom is -1.00 e. The monoisotopic (exact) mass is 832 g/mol. The second kappa shape index (κ2) is 15.8. The van der Waals surface area contributed by atoms with E-state index >= 15 is 0 Å². The standard InChI is InChI=1S/C42H63Si4.3ClH.Ti/c1-27-20-30(4)39(43(11,12)13)36(23-27)46(42(10)26-33(7)34(8)35(42)9,37-24-28(2)21-31(5)40(37)44(14,15)16)38-25-29(3)22-32(6)41(38)45(17,18)19;;;;/h20-25H,1-19H3;3*1H;/q;;;;+3/p-3. The molecule has 272 valence electrons. The zero-order valence-corrected chi connectivity index (χ0v) is 42.4. The molecule has 4 rings (SSSR count). The van der Waals surface area contributed by atoms with Crippen LogP contribution in [0.2, 0.25) is 64.0 Å². The fourth-order valence-electron chi connectivity index (χ4n) is 9.89. The van der Waals surface area contributed by atoms with Crippen LogP contribution < -0.4 is 68.3 Å². The summed E-state index contributed by atoms with van der Waals surface area (Å²) in [5, 5.41) is 10.1. The Labute approximate surface area is 341 Å². The summed E-state index contributed by atoms with van der Waals surface area (Å²) < 4.78 is 1.60. The van der Waals surface area contributed by atoms with E-state index in [9.17, 15) is 0 Å². The number of allylic oxidation sites excluding steroid dienone is 4. The van der Waals surface area contributed by atoms with Crippen LogP contribution in [0.15, 0.2) is 57.0 Å². The predicted octanol–water partition coefficient (Wildman–Crippen LogP) is -0.414. The normalized spacial score (nSPS) is 17.1. The molecule has 0 fully saturated rings. The molecular formula is C42H63Cl3Si4Ti. The van der Waals surface area contributed by atoms with Gasteiger partial charge in [0.15, 0.2) is 0 Å². The first kappa shape index (κ1) is 47.6. The molecule has 0 heterocycles. The topological polar surface area (TPSA) is 0 Å². The molecule has 0 saturated heterocycles. The van der Waals surface area contributed by atoms with E-state index in [1.54, 1.807) is 40.6 Å². The van der Waals surface area contributed by atoms with Crippen LogP contribution in [0.4, 0.5) is 0 Å². The largest absolute Gasteiger partial charge is 1.00 e. The molecule has 0 N–H and O–H groups in total. The number of benzene rings is 3. The van der Waals surface area contributed by atoms with Crippen molar-refractivity contribution >= 4 is 63.4 Å². The van der Waals surface area contributed by atoms with Crippen molar-refractivity contribution in [3.05, 3.63) is 90.4 Å². The van der Waals surface area contributed by atoms with Crippen molar-refractivity contribution in [3.63, 3.8) is 0 Å². The third-order valence-electron chi connectivity index (χ3n) is 11.4. The van der Waals surface area contributed by atoms with E-state index in [4.69, 9.17) is 0 Å². The fourth-order valence-corrected chi connectivity index (χ4v) is 29.7. The van der Waals surface area contributed by atoms with Crippen molar-refractivity contribution in [2.75, 3.05) is 0 Å². The molecule has 0 spiro atoms. The van der Waals surface area contributed by atoms with Crippen molar-refractivity contribution < 1.29 is 57.7 Å². The molecule has 0 nitrogen and oxygen atoms in total. The molecule has 8 heteroatoms. The first-order valence-electron chi connectivity index (χ1n) is 17.7. The molecular weight excluding hydrogens is 771 g/mol. The van der Waals surface area contributed by atoms with Crippen LogP contribution in [0, 0.1) is 41.5 Å². The summed E-state index contributed by atoms with van der Waals surface area (Å²) in [7, 11) is -8.50. The van der Waals surface area contributed by atoms with Crippen LogP contribution in [-0.4, -0.2) is 32.3 Å². The van der Waals surface area contributed by atoms with Crippen molar-refractivity contribution in [1.82, 2.24) is 0 Å². The summed E-state index contributed by atoms with van der Waals surface area (Å²) in [5.41, 5.74) is 13.4. The van der Waals surface area contributed by atoms with E-state index < -0.39 is 32.3 Å². The third-order valence-corrected chi connectivity index (χ3v) is 26.1. The molecule has 0 bridgehead atoms. The van der Waals surface area contributed by atoms with E-state index in [-0.39, 0.29) is 42.3 Å².